The van der Waals surface area contributed by atoms with E-state index in [9.17, 15) is 27.6 Å². The number of anilines is 1. The lowest BCUT2D eigenvalue weighted by Gasteiger charge is -2.30. The van der Waals surface area contributed by atoms with Crippen LogP contribution in [0.5, 0.6) is 0 Å². The zero-order chi connectivity index (χ0) is 32.5. The van der Waals surface area contributed by atoms with E-state index in [0.29, 0.717) is 16.7 Å². The van der Waals surface area contributed by atoms with E-state index < -0.39 is 58.1 Å². The van der Waals surface area contributed by atoms with Gasteiger partial charge in [-0.25, -0.2) is 19.1 Å². The summed E-state index contributed by atoms with van der Waals surface area (Å²) >= 11 is 0. The molecule has 0 aliphatic carbocycles. The van der Waals surface area contributed by atoms with Crippen LogP contribution in [0.4, 0.5) is 10.5 Å². The van der Waals surface area contributed by atoms with Crippen molar-refractivity contribution < 1.29 is 46.9 Å². The summed E-state index contributed by atoms with van der Waals surface area (Å²) in [6.07, 6.45) is -2.83. The number of nitrogens with two attached hydrogens (primary N) is 1. The van der Waals surface area contributed by atoms with Crippen molar-refractivity contribution in [2.45, 2.75) is 44.4 Å². The van der Waals surface area contributed by atoms with E-state index in [-0.39, 0.29) is 12.1 Å². The number of esters is 2. The highest BCUT2D eigenvalue weighted by atomic mass is 32.2. The molecule has 0 aliphatic rings. The molecule has 0 bridgehead atoms. The molecule has 1 amide bonds. The Balaban J connectivity index is 1.78. The largest absolute Gasteiger partial charge is 0.481 e. The lowest BCUT2D eigenvalue weighted by atomic mass is 9.99. The Morgan fingerprint density at radius 2 is 1.36 bits per heavy atom. The van der Waals surface area contributed by atoms with Gasteiger partial charge in [0.15, 0.2) is 6.10 Å². The first-order valence-electron chi connectivity index (χ1n) is 13.2. The van der Waals surface area contributed by atoms with Gasteiger partial charge in [-0.15, -0.1) is 0 Å². The van der Waals surface area contributed by atoms with E-state index >= 15 is 0 Å². The first-order valence-corrected chi connectivity index (χ1v) is 14.7. The molecule has 0 aliphatic heterocycles. The van der Waals surface area contributed by atoms with Crippen LogP contribution in [0, 0.1) is 0 Å². The molecule has 1 atom stereocenters. The molecule has 3 aromatic carbocycles. The molecule has 0 aromatic heterocycles. The maximum Gasteiger partial charge on any atom is 0.422 e. The van der Waals surface area contributed by atoms with Crippen molar-refractivity contribution in [2.75, 3.05) is 11.3 Å². The van der Waals surface area contributed by atoms with Gasteiger partial charge >= 0.3 is 34.2 Å². The summed E-state index contributed by atoms with van der Waals surface area (Å²) in [5, 5.41) is 8.86. The first-order chi connectivity index (χ1) is 20.6. The lowest BCUT2D eigenvalue weighted by molar-refractivity contribution is -0.175. The third-order valence-corrected chi connectivity index (χ3v) is 6.71. The summed E-state index contributed by atoms with van der Waals surface area (Å²) in [4.78, 5) is 50.1. The van der Waals surface area contributed by atoms with Crippen molar-refractivity contribution in [1.82, 2.24) is 4.72 Å². The van der Waals surface area contributed by atoms with Crippen LogP contribution in [-0.4, -0.2) is 55.3 Å². The minimum atomic E-state index is -4.56. The Hall–Kier alpha value is -4.95. The molecule has 13 nitrogen and oxygen atoms in total. The summed E-state index contributed by atoms with van der Waals surface area (Å²) in [5.74, 6) is -3.63. The summed E-state index contributed by atoms with van der Waals surface area (Å²) in [5.41, 5.74) is 3.98. The van der Waals surface area contributed by atoms with Crippen LogP contribution in [0.3, 0.4) is 0 Å². The average molecular weight is 628 g/mol. The smallest absolute Gasteiger partial charge is 0.422 e. The van der Waals surface area contributed by atoms with Gasteiger partial charge in [-0.05, 0) is 49.6 Å². The number of hydrogen-bond donors (Lipinski definition) is 4. The molecule has 0 unspecified atom stereocenters. The Bertz CT molecular complexity index is 1540. The topological polar surface area (TPSA) is 200 Å². The standard InChI is InChI=1S/C30H33N3O10S/c1-29(2,3)43-27(37)30(31,26(36)42-25(21-10-6-4-7-11-21)22-12-8-5-9-13-22)19-41-28(38)33-44(39,40)32-23-16-14-20(15-17-23)18-24(34)35/h4-17,25,32H,18-19,31H2,1-3H3,(H,33,38)(H,34,35)/t30-/m1/s1. The molecule has 0 radical (unpaired) electrons. The summed E-state index contributed by atoms with van der Waals surface area (Å²) in [6, 6.07) is 22.6. The number of rotatable bonds is 12. The minimum Gasteiger partial charge on any atom is -0.481 e. The number of carboxylic acids is 1. The highest BCUT2D eigenvalue weighted by Gasteiger charge is 2.49. The van der Waals surface area contributed by atoms with Gasteiger partial charge in [0.05, 0.1) is 12.1 Å². The van der Waals surface area contributed by atoms with Gasteiger partial charge in [-0.3, -0.25) is 9.52 Å². The van der Waals surface area contributed by atoms with E-state index in [2.05, 4.69) is 4.72 Å². The molecule has 5 N–H and O–H groups in total. The van der Waals surface area contributed by atoms with Crippen LogP contribution in [0.1, 0.15) is 43.6 Å². The number of benzene rings is 3. The normalized spacial score (nSPS) is 12.8. The average Bonchev–Trinajstić information content (AvgIpc) is 2.95. The number of carboxylic acid groups (broad SMARTS) is 1. The summed E-state index contributed by atoms with van der Waals surface area (Å²) in [7, 11) is -4.56. The molecular formula is C30H33N3O10S. The van der Waals surface area contributed by atoms with Crippen LogP contribution < -0.4 is 15.2 Å². The fourth-order valence-corrected chi connectivity index (χ4v) is 4.51. The third kappa shape index (κ3) is 9.81. The van der Waals surface area contributed by atoms with Gasteiger partial charge < -0.3 is 25.1 Å². The van der Waals surface area contributed by atoms with Crippen molar-refractivity contribution >= 4 is 39.9 Å². The van der Waals surface area contributed by atoms with Crippen LogP contribution in [0.15, 0.2) is 84.9 Å². The molecule has 3 rings (SSSR count). The second kappa shape index (κ2) is 14.0. The second-order valence-electron chi connectivity index (χ2n) is 10.6. The Morgan fingerprint density at radius 3 is 1.84 bits per heavy atom. The zero-order valence-corrected chi connectivity index (χ0v) is 25.0. The van der Waals surface area contributed by atoms with Crippen LogP contribution in [0.2, 0.25) is 0 Å². The Kier molecular flexibility index (Phi) is 10.7. The number of carbonyl (C=O) groups excluding carboxylic acids is 3. The predicted molar refractivity (Wildman–Crippen MR) is 158 cm³/mol. The number of ether oxygens (including phenoxy) is 3. The molecule has 0 spiro atoms. The number of carbonyl (C=O) groups is 4. The molecule has 0 heterocycles. The highest BCUT2D eigenvalue weighted by Crippen LogP contribution is 2.28. The van der Waals surface area contributed by atoms with Crippen molar-refractivity contribution in [3.8, 4) is 0 Å². The number of amides is 1. The predicted octanol–water partition coefficient (Wildman–Crippen LogP) is 3.07. The van der Waals surface area contributed by atoms with Gasteiger partial charge in [0.2, 0.25) is 5.54 Å². The molecule has 0 saturated heterocycles. The van der Waals surface area contributed by atoms with Gasteiger partial charge in [0.1, 0.15) is 12.2 Å². The molecule has 3 aromatic rings. The molecular weight excluding hydrogens is 594 g/mol. The SMILES string of the molecule is CC(C)(C)OC(=O)[C@@](N)(COC(=O)NS(=O)(=O)Nc1ccc(CC(=O)O)cc1)C(=O)OC(c1ccccc1)c1ccccc1. The Morgan fingerprint density at radius 1 is 0.841 bits per heavy atom. The number of aliphatic carboxylic acids is 1. The van der Waals surface area contributed by atoms with Gasteiger partial charge in [-0.2, -0.15) is 8.42 Å². The van der Waals surface area contributed by atoms with Crippen molar-refractivity contribution in [1.29, 1.82) is 0 Å². The maximum atomic E-state index is 13.6. The monoisotopic (exact) mass is 627 g/mol. The van der Waals surface area contributed by atoms with Crippen LogP contribution >= 0.6 is 0 Å². The number of nitrogens with one attached hydrogen (secondary N) is 2. The third-order valence-electron chi connectivity index (χ3n) is 5.77. The quantitative estimate of drug-likeness (QED) is 0.131. The zero-order valence-electron chi connectivity index (χ0n) is 24.2. The second-order valence-corrected chi connectivity index (χ2v) is 12.0. The summed E-state index contributed by atoms with van der Waals surface area (Å²) < 4.78 is 44.6. The first kappa shape index (κ1) is 33.6. The number of hydrogen-bond acceptors (Lipinski definition) is 10. The van der Waals surface area contributed by atoms with Crippen LogP contribution in [0.25, 0.3) is 0 Å². The lowest BCUT2D eigenvalue weighted by Crippen LogP contribution is -2.61. The minimum absolute atomic E-state index is 0.0119. The van der Waals surface area contributed by atoms with E-state index in [1.165, 1.54) is 45.0 Å². The highest BCUT2D eigenvalue weighted by molar-refractivity contribution is 7.91. The van der Waals surface area contributed by atoms with Gasteiger partial charge in [-0.1, -0.05) is 72.8 Å². The van der Waals surface area contributed by atoms with E-state index in [1.807, 2.05) is 0 Å². The summed E-state index contributed by atoms with van der Waals surface area (Å²) in [6.45, 7) is 3.47. The fraction of sp³-hybridized carbons (Fsp3) is 0.267. The van der Waals surface area contributed by atoms with E-state index in [1.54, 1.807) is 65.4 Å². The maximum absolute atomic E-state index is 13.6. The molecule has 44 heavy (non-hydrogen) atoms. The van der Waals surface area contributed by atoms with Crippen molar-refractivity contribution in [2.24, 2.45) is 5.73 Å². The Labute approximate surface area is 254 Å². The molecule has 234 valence electrons. The van der Waals surface area contributed by atoms with Crippen LogP contribution in [-0.2, 0) is 45.2 Å². The van der Waals surface area contributed by atoms with Crippen molar-refractivity contribution in [3.63, 3.8) is 0 Å². The van der Waals surface area contributed by atoms with E-state index in [4.69, 9.17) is 25.1 Å². The molecule has 0 fully saturated rings. The fourth-order valence-electron chi connectivity index (χ4n) is 3.73. The molecule has 14 heteroatoms. The van der Waals surface area contributed by atoms with Gasteiger partial charge in [0, 0.05) is 0 Å². The molecule has 0 saturated carbocycles. The van der Waals surface area contributed by atoms with E-state index in [0.717, 1.165) is 0 Å². The van der Waals surface area contributed by atoms with Gasteiger partial charge in [0.25, 0.3) is 0 Å². The van der Waals surface area contributed by atoms with Crippen molar-refractivity contribution in [3.05, 3.63) is 102 Å².